The van der Waals surface area contributed by atoms with Crippen LogP contribution in [0.15, 0.2) is 0 Å². The van der Waals surface area contributed by atoms with Gasteiger partial charge in [-0.05, 0) is 20.9 Å². The molecule has 1 rings (SSSR count). The lowest BCUT2D eigenvalue weighted by Gasteiger charge is -2.42. The highest BCUT2D eigenvalue weighted by molar-refractivity contribution is 5.76. The summed E-state index contributed by atoms with van der Waals surface area (Å²) in [4.78, 5) is 15.9. The Morgan fingerprint density at radius 2 is 1.86 bits per heavy atom. The van der Waals surface area contributed by atoms with Crippen molar-refractivity contribution in [3.63, 3.8) is 0 Å². The monoisotopic (exact) mass is 199 g/mol. The summed E-state index contributed by atoms with van der Waals surface area (Å²) >= 11 is 0. The zero-order valence-electron chi connectivity index (χ0n) is 9.36. The molecule has 2 N–H and O–H groups in total. The first-order chi connectivity index (χ1) is 6.56. The topological polar surface area (TPSA) is 49.6 Å². The summed E-state index contributed by atoms with van der Waals surface area (Å²) in [7, 11) is 2.11. The highest BCUT2D eigenvalue weighted by Gasteiger charge is 2.28. The largest absolute Gasteiger partial charge is 0.340 e. The molecule has 1 saturated heterocycles. The number of nitrogens with two attached hydrogens (primary N) is 1. The molecule has 0 aliphatic carbocycles. The first kappa shape index (κ1) is 11.5. The molecule has 1 fully saturated rings. The predicted molar refractivity (Wildman–Crippen MR) is 56.9 cm³/mol. The minimum absolute atomic E-state index is 0.194. The maximum Gasteiger partial charge on any atom is 0.223 e. The molecular formula is C10H21N3O. The maximum absolute atomic E-state index is 11.6. The van der Waals surface area contributed by atoms with Crippen LogP contribution < -0.4 is 5.73 Å². The summed E-state index contributed by atoms with van der Waals surface area (Å²) in [6.45, 7) is 6.42. The first-order valence-electron chi connectivity index (χ1n) is 5.26. The second-order valence-corrected chi connectivity index (χ2v) is 4.20. The van der Waals surface area contributed by atoms with Gasteiger partial charge >= 0.3 is 0 Å². The van der Waals surface area contributed by atoms with Crippen LogP contribution >= 0.6 is 0 Å². The molecule has 0 aromatic rings. The number of piperazine rings is 1. The molecule has 0 aromatic heterocycles. The van der Waals surface area contributed by atoms with Crippen LogP contribution in [0.2, 0.25) is 0 Å². The molecule has 0 spiro atoms. The van der Waals surface area contributed by atoms with E-state index in [1.807, 2.05) is 4.90 Å². The van der Waals surface area contributed by atoms with Crippen LogP contribution in [0.1, 0.15) is 20.3 Å². The summed E-state index contributed by atoms with van der Waals surface area (Å²) < 4.78 is 0. The summed E-state index contributed by atoms with van der Waals surface area (Å²) in [5, 5.41) is 0. The van der Waals surface area contributed by atoms with Gasteiger partial charge in [0.05, 0.1) is 0 Å². The van der Waals surface area contributed by atoms with Gasteiger partial charge in [0.15, 0.2) is 0 Å². The van der Waals surface area contributed by atoms with Gasteiger partial charge in [0.25, 0.3) is 0 Å². The van der Waals surface area contributed by atoms with E-state index in [2.05, 4.69) is 25.8 Å². The zero-order valence-corrected chi connectivity index (χ0v) is 9.36. The number of hydrogen-bond acceptors (Lipinski definition) is 3. The Morgan fingerprint density at radius 1 is 1.36 bits per heavy atom. The number of hydrogen-bond donors (Lipinski definition) is 1. The first-order valence-corrected chi connectivity index (χ1v) is 5.26. The molecule has 0 saturated carbocycles. The van der Waals surface area contributed by atoms with Gasteiger partial charge in [0.2, 0.25) is 5.91 Å². The molecule has 0 radical (unpaired) electrons. The fourth-order valence-corrected chi connectivity index (χ4v) is 1.89. The van der Waals surface area contributed by atoms with Gasteiger partial charge in [-0.25, -0.2) is 0 Å². The van der Waals surface area contributed by atoms with E-state index in [0.29, 0.717) is 25.0 Å². The second kappa shape index (κ2) is 4.75. The molecule has 14 heavy (non-hydrogen) atoms. The standard InChI is InChI=1S/C10H21N3O/c1-8-6-13(10(14)4-5-11)7-9(2)12(8)3/h8-9H,4-7,11H2,1-3H3. The Kier molecular flexibility index (Phi) is 3.89. The van der Waals surface area contributed by atoms with Crippen molar-refractivity contribution in [2.45, 2.75) is 32.4 Å². The molecule has 1 heterocycles. The molecule has 1 aliphatic rings. The van der Waals surface area contributed by atoms with Crippen LogP contribution in [-0.4, -0.2) is 54.5 Å². The maximum atomic E-state index is 11.6. The third-order valence-corrected chi connectivity index (χ3v) is 3.07. The van der Waals surface area contributed by atoms with Crippen molar-refractivity contribution in [1.82, 2.24) is 9.80 Å². The van der Waals surface area contributed by atoms with Gasteiger partial charge in [0.1, 0.15) is 0 Å². The Balaban J connectivity index is 2.53. The van der Waals surface area contributed by atoms with E-state index in [0.717, 1.165) is 13.1 Å². The van der Waals surface area contributed by atoms with Gasteiger partial charge < -0.3 is 10.6 Å². The molecular weight excluding hydrogens is 178 g/mol. The Labute approximate surface area is 86.0 Å². The molecule has 82 valence electrons. The Hall–Kier alpha value is -0.610. The molecule has 1 aliphatic heterocycles. The van der Waals surface area contributed by atoms with Crippen molar-refractivity contribution in [2.75, 3.05) is 26.7 Å². The molecule has 4 heteroatoms. The van der Waals surface area contributed by atoms with E-state index in [9.17, 15) is 4.79 Å². The average Bonchev–Trinajstić information content (AvgIpc) is 2.13. The van der Waals surface area contributed by atoms with Crippen LogP contribution in [0.3, 0.4) is 0 Å². The zero-order chi connectivity index (χ0) is 10.7. The van der Waals surface area contributed by atoms with E-state index in [4.69, 9.17) is 5.73 Å². The van der Waals surface area contributed by atoms with Crippen molar-refractivity contribution >= 4 is 5.91 Å². The van der Waals surface area contributed by atoms with Gasteiger partial charge in [0, 0.05) is 38.1 Å². The minimum atomic E-state index is 0.194. The molecule has 0 aromatic carbocycles. The average molecular weight is 199 g/mol. The van der Waals surface area contributed by atoms with Crippen molar-refractivity contribution in [1.29, 1.82) is 0 Å². The number of rotatable bonds is 2. The summed E-state index contributed by atoms with van der Waals surface area (Å²) in [5.74, 6) is 0.194. The number of likely N-dealkylation sites (N-methyl/N-ethyl adjacent to an activating group) is 1. The summed E-state index contributed by atoms with van der Waals surface area (Å²) in [6.07, 6.45) is 0.475. The SMILES string of the molecule is CC1CN(C(=O)CCN)CC(C)N1C. The van der Waals surface area contributed by atoms with Gasteiger partial charge in [-0.1, -0.05) is 0 Å². The Bertz CT molecular complexity index is 196. The lowest BCUT2D eigenvalue weighted by Crippen LogP contribution is -2.56. The third kappa shape index (κ3) is 2.45. The normalized spacial score (nSPS) is 29.3. The highest BCUT2D eigenvalue weighted by Crippen LogP contribution is 2.13. The van der Waals surface area contributed by atoms with Crippen molar-refractivity contribution in [2.24, 2.45) is 5.73 Å². The molecule has 4 nitrogen and oxygen atoms in total. The number of carbonyl (C=O) groups is 1. The lowest BCUT2D eigenvalue weighted by atomic mass is 10.1. The van der Waals surface area contributed by atoms with Crippen molar-refractivity contribution < 1.29 is 4.79 Å². The quantitative estimate of drug-likeness (QED) is 0.675. The van der Waals surface area contributed by atoms with Crippen molar-refractivity contribution in [3.05, 3.63) is 0 Å². The fraction of sp³-hybridized carbons (Fsp3) is 0.900. The van der Waals surface area contributed by atoms with E-state index < -0.39 is 0 Å². The number of carbonyl (C=O) groups excluding carboxylic acids is 1. The predicted octanol–water partition coefficient (Wildman–Crippen LogP) is -0.114. The van der Waals surface area contributed by atoms with Crippen LogP contribution in [0.4, 0.5) is 0 Å². The molecule has 2 unspecified atom stereocenters. The lowest BCUT2D eigenvalue weighted by molar-refractivity contribution is -0.134. The van der Waals surface area contributed by atoms with E-state index in [1.54, 1.807) is 0 Å². The smallest absolute Gasteiger partial charge is 0.223 e. The highest BCUT2D eigenvalue weighted by atomic mass is 16.2. The number of amides is 1. The summed E-state index contributed by atoms with van der Waals surface area (Å²) in [5.41, 5.74) is 5.37. The van der Waals surface area contributed by atoms with Crippen molar-refractivity contribution in [3.8, 4) is 0 Å². The van der Waals surface area contributed by atoms with Crippen LogP contribution in [0, 0.1) is 0 Å². The van der Waals surface area contributed by atoms with Crippen LogP contribution in [0.5, 0.6) is 0 Å². The van der Waals surface area contributed by atoms with E-state index in [-0.39, 0.29) is 5.91 Å². The van der Waals surface area contributed by atoms with E-state index in [1.165, 1.54) is 0 Å². The molecule has 1 amide bonds. The van der Waals surface area contributed by atoms with E-state index >= 15 is 0 Å². The summed E-state index contributed by atoms with van der Waals surface area (Å²) in [6, 6.07) is 0.890. The van der Waals surface area contributed by atoms with Crippen LogP contribution in [0.25, 0.3) is 0 Å². The second-order valence-electron chi connectivity index (χ2n) is 4.20. The Morgan fingerprint density at radius 3 is 2.29 bits per heavy atom. The molecule has 0 bridgehead atoms. The molecule has 2 atom stereocenters. The van der Waals surface area contributed by atoms with Gasteiger partial charge in [-0.15, -0.1) is 0 Å². The third-order valence-electron chi connectivity index (χ3n) is 3.07. The number of nitrogens with zero attached hydrogens (tertiary/aromatic N) is 2. The fourth-order valence-electron chi connectivity index (χ4n) is 1.89. The van der Waals surface area contributed by atoms with Gasteiger partial charge in [-0.3, -0.25) is 9.69 Å². The minimum Gasteiger partial charge on any atom is -0.340 e. The van der Waals surface area contributed by atoms with Crippen LogP contribution in [-0.2, 0) is 4.79 Å². The van der Waals surface area contributed by atoms with Gasteiger partial charge in [-0.2, -0.15) is 0 Å².